The summed E-state index contributed by atoms with van der Waals surface area (Å²) in [5.41, 5.74) is 14.1. The highest BCUT2D eigenvalue weighted by molar-refractivity contribution is 7.91. The number of ketones is 1. The number of carbonyl (C=O) groups excluding carboxylic acids is 4. The Morgan fingerprint density at radius 2 is 1.55 bits per heavy atom. The molecular weight excluding hydrogens is 742 g/mol. The number of fused-ring (bicyclic) bond motifs is 1. The molecule has 14 heteroatoms. The van der Waals surface area contributed by atoms with E-state index >= 15 is 0 Å². The van der Waals surface area contributed by atoms with Gasteiger partial charge >= 0.3 is 0 Å². The first kappa shape index (κ1) is 46.0. The van der Waals surface area contributed by atoms with Crippen molar-refractivity contribution in [3.8, 4) is 0 Å². The summed E-state index contributed by atoms with van der Waals surface area (Å²) in [6, 6.07) is 10.7. The van der Waals surface area contributed by atoms with Gasteiger partial charge in [-0.25, -0.2) is 8.42 Å². The van der Waals surface area contributed by atoms with Crippen molar-refractivity contribution < 1.29 is 32.7 Å². The average Bonchev–Trinajstić information content (AvgIpc) is 3.39. The third kappa shape index (κ3) is 13.1. The fourth-order valence-electron chi connectivity index (χ4n) is 7.74. The summed E-state index contributed by atoms with van der Waals surface area (Å²) in [7, 11) is -3.62. The van der Waals surface area contributed by atoms with Crippen LogP contribution in [-0.4, -0.2) is 73.6 Å². The van der Waals surface area contributed by atoms with Gasteiger partial charge in [-0.2, -0.15) is 0 Å². The van der Waals surface area contributed by atoms with Crippen LogP contribution in [0, 0.1) is 23.7 Å². The molecule has 4 rings (SSSR count). The van der Waals surface area contributed by atoms with E-state index in [-0.39, 0.29) is 66.6 Å². The molecule has 0 spiro atoms. The smallest absolute Gasteiger partial charge is 0.243 e. The summed E-state index contributed by atoms with van der Waals surface area (Å²) in [6.45, 7) is 8.31. The van der Waals surface area contributed by atoms with E-state index in [4.69, 9.17) is 11.5 Å². The first-order valence-electron chi connectivity index (χ1n) is 19.5. The van der Waals surface area contributed by atoms with Gasteiger partial charge in [0.2, 0.25) is 17.7 Å². The molecule has 2 aromatic carbocycles. The number of aliphatic hydroxyl groups excluding tert-OH is 1. The molecule has 2 aromatic rings. The Hall–Kier alpha value is -3.36. The fourth-order valence-corrected chi connectivity index (χ4v) is 9.68. The minimum Gasteiger partial charge on any atom is -0.390 e. The molecule has 1 aliphatic heterocycles. The zero-order valence-electron chi connectivity index (χ0n) is 32.7. The molecule has 1 heterocycles. The van der Waals surface area contributed by atoms with Gasteiger partial charge in [-0.3, -0.25) is 19.2 Å². The Morgan fingerprint density at radius 1 is 0.873 bits per heavy atom. The standard InChI is InChI=1S/C41H61N5O7S.ClH/c1-25(2)17-33(38(48)32(18-27-11-7-5-8-12-27)39(49)37(43)41(51)44-23-26(3)4)46-40(50)34(19-28-13-9-6-10-14-28)45-36(47)21-30-24-54(52,53)35-20-29(22-42)15-16-31(30)35;/h6,9-10,13-16,20,25-27,30,32-34,37,39,49H,5,7-8,11-12,17-19,21-24,42-43H2,1-4H3,(H,44,51)(H,45,47)(H,46,50);1H/t30?,32-,33+,34+,37?,39+;/m1./s1. The number of nitrogens with one attached hydrogen (secondary N) is 3. The summed E-state index contributed by atoms with van der Waals surface area (Å²) in [4.78, 5) is 55.6. The molecule has 3 amide bonds. The van der Waals surface area contributed by atoms with Gasteiger partial charge in [0.25, 0.3) is 0 Å². The molecule has 306 valence electrons. The molecule has 12 nitrogen and oxygen atoms in total. The van der Waals surface area contributed by atoms with E-state index in [0.29, 0.717) is 24.1 Å². The third-order valence-corrected chi connectivity index (χ3v) is 12.6. The average molecular weight is 804 g/mol. The summed E-state index contributed by atoms with van der Waals surface area (Å²) in [5, 5.41) is 20.1. The summed E-state index contributed by atoms with van der Waals surface area (Å²) in [6.07, 6.45) is 4.04. The lowest BCUT2D eigenvalue weighted by Gasteiger charge is -2.34. The number of benzene rings is 2. The number of aliphatic hydroxyl groups is 1. The van der Waals surface area contributed by atoms with Gasteiger partial charge in [-0.15, -0.1) is 12.4 Å². The maximum Gasteiger partial charge on any atom is 0.243 e. The van der Waals surface area contributed by atoms with E-state index in [1.54, 1.807) is 18.2 Å². The monoisotopic (exact) mass is 803 g/mol. The van der Waals surface area contributed by atoms with E-state index in [2.05, 4.69) is 16.0 Å². The second-order valence-electron chi connectivity index (χ2n) is 16.2. The highest BCUT2D eigenvalue weighted by Crippen LogP contribution is 2.38. The van der Waals surface area contributed by atoms with Crippen molar-refractivity contribution in [1.82, 2.24) is 16.0 Å². The fraction of sp³-hybridized carbons (Fsp3) is 0.610. The van der Waals surface area contributed by atoms with Crippen molar-refractivity contribution in [2.24, 2.45) is 35.1 Å². The number of carbonyl (C=O) groups is 4. The van der Waals surface area contributed by atoms with Crippen LogP contribution in [0.2, 0.25) is 0 Å². The Balaban J connectivity index is 0.00000812. The van der Waals surface area contributed by atoms with Crippen molar-refractivity contribution in [3.63, 3.8) is 0 Å². The van der Waals surface area contributed by atoms with Crippen LogP contribution in [0.5, 0.6) is 0 Å². The lowest BCUT2D eigenvalue weighted by atomic mass is 9.76. The highest BCUT2D eigenvalue weighted by atomic mass is 35.5. The lowest BCUT2D eigenvalue weighted by Crippen LogP contribution is -2.57. The van der Waals surface area contributed by atoms with Gasteiger partial charge in [0.15, 0.2) is 15.6 Å². The Labute approximate surface area is 333 Å². The number of nitrogens with two attached hydrogens (primary N) is 2. The number of sulfone groups is 1. The first-order valence-corrected chi connectivity index (χ1v) is 21.2. The van der Waals surface area contributed by atoms with Gasteiger partial charge < -0.3 is 32.5 Å². The van der Waals surface area contributed by atoms with E-state index in [0.717, 1.165) is 37.7 Å². The molecular formula is C41H62ClN5O7S. The molecule has 0 bridgehead atoms. The van der Waals surface area contributed by atoms with Gasteiger partial charge in [0.05, 0.1) is 22.8 Å². The first-order chi connectivity index (χ1) is 25.6. The predicted octanol–water partition coefficient (Wildman–Crippen LogP) is 3.70. The molecule has 0 radical (unpaired) electrons. The molecule has 55 heavy (non-hydrogen) atoms. The van der Waals surface area contributed by atoms with Crippen LogP contribution in [0.15, 0.2) is 53.4 Å². The van der Waals surface area contributed by atoms with E-state index < -0.39 is 69.4 Å². The third-order valence-electron chi connectivity index (χ3n) is 10.7. The zero-order chi connectivity index (χ0) is 39.6. The molecule has 1 saturated carbocycles. The minimum absolute atomic E-state index is 0. The predicted molar refractivity (Wildman–Crippen MR) is 216 cm³/mol. The van der Waals surface area contributed by atoms with Crippen LogP contribution in [0.3, 0.4) is 0 Å². The van der Waals surface area contributed by atoms with Crippen molar-refractivity contribution >= 4 is 45.7 Å². The van der Waals surface area contributed by atoms with E-state index in [9.17, 15) is 32.7 Å². The molecule has 0 aromatic heterocycles. The Bertz CT molecular complexity index is 1700. The Morgan fingerprint density at radius 3 is 2.16 bits per heavy atom. The lowest BCUT2D eigenvalue weighted by molar-refractivity contribution is -0.137. The maximum atomic E-state index is 14.6. The van der Waals surface area contributed by atoms with Crippen LogP contribution in [0.1, 0.15) is 102 Å². The SMILES string of the molecule is CC(C)CNC(=O)C(N)[C@@H](O)[C@H](CC1CCCCC1)C(=O)[C@H](CC(C)C)NC(=O)[C@H](Cc1ccccc1)NC(=O)CC1CS(=O)(=O)c2cc(CN)ccc21.Cl. The van der Waals surface area contributed by atoms with Crippen LogP contribution in [0.25, 0.3) is 0 Å². The summed E-state index contributed by atoms with van der Waals surface area (Å²) in [5.74, 6) is -3.53. The summed E-state index contributed by atoms with van der Waals surface area (Å²) >= 11 is 0. The molecule has 6 atom stereocenters. The molecule has 1 aliphatic carbocycles. The van der Waals surface area contributed by atoms with Gasteiger partial charge in [0, 0.05) is 37.8 Å². The maximum absolute atomic E-state index is 14.6. The van der Waals surface area contributed by atoms with Crippen molar-refractivity contribution in [1.29, 1.82) is 0 Å². The number of rotatable bonds is 19. The van der Waals surface area contributed by atoms with E-state index in [1.165, 1.54) is 0 Å². The van der Waals surface area contributed by atoms with Gasteiger partial charge in [-0.05, 0) is 53.4 Å². The Kier molecular flexibility index (Phi) is 17.8. The van der Waals surface area contributed by atoms with Crippen molar-refractivity contribution in [3.05, 3.63) is 65.2 Å². The van der Waals surface area contributed by atoms with Crippen LogP contribution >= 0.6 is 12.4 Å². The molecule has 8 N–H and O–H groups in total. The normalized spacial score (nSPS) is 19.3. The molecule has 0 saturated heterocycles. The van der Waals surface area contributed by atoms with Crippen LogP contribution < -0.4 is 27.4 Å². The number of hydrogen-bond donors (Lipinski definition) is 6. The number of amides is 3. The number of hydrogen-bond acceptors (Lipinski definition) is 9. The molecule has 1 fully saturated rings. The molecule has 2 unspecified atom stereocenters. The second-order valence-corrected chi connectivity index (χ2v) is 18.2. The quantitative estimate of drug-likeness (QED) is 0.122. The van der Waals surface area contributed by atoms with Crippen molar-refractivity contribution in [2.75, 3.05) is 12.3 Å². The topological polar surface area (TPSA) is 211 Å². The minimum atomic E-state index is -3.62. The summed E-state index contributed by atoms with van der Waals surface area (Å²) < 4.78 is 26.0. The van der Waals surface area contributed by atoms with E-state index in [1.807, 2.05) is 58.0 Å². The van der Waals surface area contributed by atoms with Crippen LogP contribution in [-0.2, 0) is 42.0 Å². The van der Waals surface area contributed by atoms with Crippen LogP contribution in [0.4, 0.5) is 0 Å². The second kappa shape index (κ2) is 21.2. The van der Waals surface area contributed by atoms with Crippen molar-refractivity contribution in [2.45, 2.75) is 127 Å². The van der Waals surface area contributed by atoms with Gasteiger partial charge in [0.1, 0.15) is 12.1 Å². The largest absolute Gasteiger partial charge is 0.390 e. The molecule has 2 aliphatic rings. The zero-order valence-corrected chi connectivity index (χ0v) is 34.3. The number of Topliss-reactive ketones (excluding diaryl/α,β-unsaturated/α-hetero) is 1. The highest BCUT2D eigenvalue weighted by Gasteiger charge is 2.41. The van der Waals surface area contributed by atoms with Gasteiger partial charge in [-0.1, -0.05) is 102 Å². The number of halogens is 1.